The second kappa shape index (κ2) is 3.77. The van der Waals surface area contributed by atoms with Crippen LogP contribution in [-0.2, 0) is 0 Å². The Kier molecular flexibility index (Phi) is 2.44. The highest BCUT2D eigenvalue weighted by atomic mass is 16.5. The molecule has 0 aliphatic rings. The number of ether oxygens (including phenoxy) is 1. The molecule has 1 aromatic carbocycles. The highest BCUT2D eigenvalue weighted by Gasteiger charge is 2.16. The molecule has 0 atom stereocenters. The van der Waals surface area contributed by atoms with Gasteiger partial charge in [-0.15, -0.1) is 0 Å². The van der Waals surface area contributed by atoms with Crippen molar-refractivity contribution in [2.45, 2.75) is 6.92 Å². The van der Waals surface area contributed by atoms with E-state index in [2.05, 4.69) is 5.16 Å². The second-order valence-corrected chi connectivity index (χ2v) is 3.42. The van der Waals surface area contributed by atoms with E-state index in [1.165, 1.54) is 13.2 Å². The molecular weight excluding hydrogens is 208 g/mol. The first-order chi connectivity index (χ1) is 7.63. The van der Waals surface area contributed by atoms with Gasteiger partial charge in [-0.25, -0.2) is 0 Å². The van der Waals surface area contributed by atoms with Crippen LogP contribution in [0.15, 0.2) is 22.7 Å². The Morgan fingerprint density at radius 2 is 2.19 bits per heavy atom. The van der Waals surface area contributed by atoms with E-state index < -0.39 is 0 Å². The van der Waals surface area contributed by atoms with Crippen molar-refractivity contribution in [3.63, 3.8) is 0 Å². The molecule has 0 unspecified atom stereocenters. The molecule has 0 amide bonds. The van der Waals surface area contributed by atoms with Crippen LogP contribution < -0.4 is 10.5 Å². The molecule has 2 rings (SSSR count). The first-order valence-electron chi connectivity index (χ1n) is 4.72. The molecule has 0 saturated heterocycles. The normalized spacial score (nSPS) is 10.4. The average molecular weight is 220 g/mol. The Bertz CT molecular complexity index is 520. The van der Waals surface area contributed by atoms with Gasteiger partial charge in [-0.1, -0.05) is 11.2 Å². The van der Waals surface area contributed by atoms with E-state index in [0.29, 0.717) is 17.0 Å². The maximum atomic E-state index is 9.97. The van der Waals surface area contributed by atoms with Gasteiger partial charge in [0.15, 0.2) is 0 Å². The van der Waals surface area contributed by atoms with E-state index in [-0.39, 0.29) is 11.6 Å². The van der Waals surface area contributed by atoms with Gasteiger partial charge in [-0.2, -0.15) is 0 Å². The molecule has 0 fully saturated rings. The molecular formula is C11H12N2O3. The molecule has 0 spiro atoms. The monoisotopic (exact) mass is 220 g/mol. The van der Waals surface area contributed by atoms with Gasteiger partial charge in [0.1, 0.15) is 17.2 Å². The fourth-order valence-corrected chi connectivity index (χ4v) is 1.50. The highest BCUT2D eigenvalue weighted by Crippen LogP contribution is 2.39. The third-order valence-electron chi connectivity index (χ3n) is 2.35. The maximum Gasteiger partial charge on any atom is 0.222 e. The van der Waals surface area contributed by atoms with E-state index in [9.17, 15) is 5.11 Å². The van der Waals surface area contributed by atoms with Crippen LogP contribution in [0.2, 0.25) is 0 Å². The molecule has 5 nitrogen and oxygen atoms in total. The second-order valence-electron chi connectivity index (χ2n) is 3.42. The minimum Gasteiger partial charge on any atom is -0.507 e. The molecule has 0 aliphatic heterocycles. The summed E-state index contributed by atoms with van der Waals surface area (Å²) in [4.78, 5) is 0. The van der Waals surface area contributed by atoms with Crippen molar-refractivity contribution in [2.75, 3.05) is 12.8 Å². The van der Waals surface area contributed by atoms with E-state index in [0.717, 1.165) is 5.56 Å². The summed E-state index contributed by atoms with van der Waals surface area (Å²) in [6.45, 7) is 1.79. The van der Waals surface area contributed by atoms with Crippen LogP contribution in [-0.4, -0.2) is 17.4 Å². The summed E-state index contributed by atoms with van der Waals surface area (Å²) < 4.78 is 9.94. The number of aromatic hydroxyl groups is 1. The van der Waals surface area contributed by atoms with E-state index in [4.69, 9.17) is 15.0 Å². The third kappa shape index (κ3) is 1.56. The van der Waals surface area contributed by atoms with Crippen LogP contribution in [0, 0.1) is 6.92 Å². The first kappa shape index (κ1) is 10.4. The summed E-state index contributed by atoms with van der Waals surface area (Å²) in [5.41, 5.74) is 7.12. The Labute approximate surface area is 92.4 Å². The van der Waals surface area contributed by atoms with Crippen LogP contribution in [0.3, 0.4) is 0 Å². The van der Waals surface area contributed by atoms with E-state index in [1.807, 2.05) is 0 Å². The maximum absolute atomic E-state index is 9.97. The van der Waals surface area contributed by atoms with Crippen LogP contribution in [0.4, 0.5) is 5.88 Å². The Balaban J connectivity index is 2.66. The average Bonchev–Trinajstić information content (AvgIpc) is 2.68. The van der Waals surface area contributed by atoms with Gasteiger partial charge < -0.3 is 20.1 Å². The summed E-state index contributed by atoms with van der Waals surface area (Å²) in [6.07, 6.45) is 0. The third-order valence-corrected chi connectivity index (χ3v) is 2.35. The molecule has 16 heavy (non-hydrogen) atoms. The number of nitrogen functional groups attached to an aromatic ring is 1. The Morgan fingerprint density at radius 3 is 2.75 bits per heavy atom. The standard InChI is InChI=1S/C11H12N2O3/c1-6-3-4-8(15-2)10(11(6)14)7-5-9(12)16-13-7/h3-5,14H,12H2,1-2H3. The molecule has 3 N–H and O–H groups in total. The lowest BCUT2D eigenvalue weighted by molar-refractivity contribution is 0.406. The summed E-state index contributed by atoms with van der Waals surface area (Å²) >= 11 is 0. The fourth-order valence-electron chi connectivity index (χ4n) is 1.50. The molecule has 0 saturated carbocycles. The smallest absolute Gasteiger partial charge is 0.222 e. The molecule has 1 aromatic heterocycles. The van der Waals surface area contributed by atoms with Gasteiger partial charge in [0.05, 0.1) is 12.7 Å². The van der Waals surface area contributed by atoms with Crippen molar-refractivity contribution < 1.29 is 14.4 Å². The number of anilines is 1. The van der Waals surface area contributed by atoms with Crippen molar-refractivity contribution in [1.29, 1.82) is 0 Å². The molecule has 0 radical (unpaired) electrons. The number of rotatable bonds is 2. The largest absolute Gasteiger partial charge is 0.507 e. The molecule has 5 heteroatoms. The number of methoxy groups -OCH3 is 1. The van der Waals surface area contributed by atoms with Gasteiger partial charge in [-0.3, -0.25) is 0 Å². The van der Waals surface area contributed by atoms with Crippen molar-refractivity contribution in [3.05, 3.63) is 23.8 Å². The number of phenolic OH excluding ortho intramolecular Hbond substituents is 1. The van der Waals surface area contributed by atoms with Crippen molar-refractivity contribution in [1.82, 2.24) is 5.16 Å². The molecule has 84 valence electrons. The molecule has 2 aromatic rings. The summed E-state index contributed by atoms with van der Waals surface area (Å²) in [6, 6.07) is 5.06. The van der Waals surface area contributed by atoms with Gasteiger partial charge in [0, 0.05) is 6.07 Å². The fraction of sp³-hybridized carbons (Fsp3) is 0.182. The number of phenols is 1. The number of benzene rings is 1. The number of nitrogens with zero attached hydrogens (tertiary/aromatic N) is 1. The lowest BCUT2D eigenvalue weighted by Gasteiger charge is -2.09. The highest BCUT2D eigenvalue weighted by molar-refractivity contribution is 5.76. The minimum atomic E-state index is 0.118. The van der Waals surface area contributed by atoms with Gasteiger partial charge in [0.2, 0.25) is 5.88 Å². The summed E-state index contributed by atoms with van der Waals surface area (Å²) in [5.74, 6) is 0.835. The Morgan fingerprint density at radius 1 is 1.44 bits per heavy atom. The van der Waals surface area contributed by atoms with Crippen LogP contribution >= 0.6 is 0 Å². The van der Waals surface area contributed by atoms with Crippen LogP contribution in [0.1, 0.15) is 5.56 Å². The number of hydrogen-bond donors (Lipinski definition) is 2. The number of aromatic nitrogens is 1. The lowest BCUT2D eigenvalue weighted by atomic mass is 10.1. The summed E-state index contributed by atoms with van der Waals surface area (Å²) in [5, 5.41) is 13.7. The van der Waals surface area contributed by atoms with Crippen LogP contribution in [0.5, 0.6) is 11.5 Å². The van der Waals surface area contributed by atoms with Crippen LogP contribution in [0.25, 0.3) is 11.3 Å². The number of hydrogen-bond acceptors (Lipinski definition) is 5. The Hall–Kier alpha value is -2.17. The van der Waals surface area contributed by atoms with E-state index in [1.54, 1.807) is 19.1 Å². The zero-order chi connectivity index (χ0) is 11.7. The number of aryl methyl sites for hydroxylation is 1. The molecule has 1 heterocycles. The molecule has 0 bridgehead atoms. The van der Waals surface area contributed by atoms with Crippen molar-refractivity contribution in [3.8, 4) is 22.8 Å². The SMILES string of the molecule is COc1ccc(C)c(O)c1-c1cc(N)on1. The topological polar surface area (TPSA) is 81.5 Å². The van der Waals surface area contributed by atoms with Crippen molar-refractivity contribution in [2.24, 2.45) is 0 Å². The van der Waals surface area contributed by atoms with Gasteiger partial charge >= 0.3 is 0 Å². The summed E-state index contributed by atoms with van der Waals surface area (Å²) in [7, 11) is 1.52. The van der Waals surface area contributed by atoms with Gasteiger partial charge in [0.25, 0.3) is 0 Å². The molecule has 0 aliphatic carbocycles. The number of nitrogens with two attached hydrogens (primary N) is 1. The minimum absolute atomic E-state index is 0.118. The zero-order valence-electron chi connectivity index (χ0n) is 9.02. The quantitative estimate of drug-likeness (QED) is 0.808. The lowest BCUT2D eigenvalue weighted by Crippen LogP contribution is -1.90. The van der Waals surface area contributed by atoms with E-state index >= 15 is 0 Å². The van der Waals surface area contributed by atoms with Crippen molar-refractivity contribution >= 4 is 5.88 Å². The van der Waals surface area contributed by atoms with Gasteiger partial charge in [-0.05, 0) is 18.6 Å². The predicted molar refractivity (Wildman–Crippen MR) is 59.3 cm³/mol. The zero-order valence-corrected chi connectivity index (χ0v) is 9.02. The first-order valence-corrected chi connectivity index (χ1v) is 4.72. The predicted octanol–water partition coefficient (Wildman–Crippen LogP) is 1.95.